The number of likely N-dealkylation sites (tertiary alicyclic amines) is 1. The number of urea groups is 1. The summed E-state index contributed by atoms with van der Waals surface area (Å²) >= 11 is 5.97. The number of benzene rings is 2. The Balaban J connectivity index is 1.45. The molecule has 2 aromatic rings. The third-order valence-electron chi connectivity index (χ3n) is 7.48. The minimum Gasteiger partial charge on any atom is -0.392 e. The molecule has 0 bridgehead atoms. The van der Waals surface area contributed by atoms with Gasteiger partial charge in [-0.3, -0.25) is 4.90 Å². The van der Waals surface area contributed by atoms with Gasteiger partial charge in [0, 0.05) is 42.9 Å². The quantitative estimate of drug-likeness (QED) is 0.448. The number of aliphatic hydroxyl groups excluding tert-OH is 1. The number of halogens is 4. The van der Waals surface area contributed by atoms with Gasteiger partial charge in [-0.1, -0.05) is 23.7 Å². The van der Waals surface area contributed by atoms with Crippen LogP contribution >= 0.6 is 11.6 Å². The molecule has 2 fully saturated rings. The summed E-state index contributed by atoms with van der Waals surface area (Å²) in [6, 6.07) is 13.6. The molecule has 1 unspecified atom stereocenters. The zero-order valence-corrected chi connectivity index (χ0v) is 21.8. The summed E-state index contributed by atoms with van der Waals surface area (Å²) in [7, 11) is 0. The molecular formula is C28H32ClF3N4O2. The molecule has 1 aliphatic carbocycles. The van der Waals surface area contributed by atoms with E-state index in [0.29, 0.717) is 37.5 Å². The van der Waals surface area contributed by atoms with Gasteiger partial charge in [-0.2, -0.15) is 18.4 Å². The van der Waals surface area contributed by atoms with Gasteiger partial charge in [0.05, 0.1) is 24.2 Å². The van der Waals surface area contributed by atoms with E-state index in [0.717, 1.165) is 37.8 Å². The number of hydrogen-bond donors (Lipinski definition) is 2. The Hall–Kier alpha value is -2.80. The fourth-order valence-electron chi connectivity index (χ4n) is 5.50. The summed E-state index contributed by atoms with van der Waals surface area (Å²) in [5.74, 6) is 0.305. The third kappa shape index (κ3) is 7.62. The van der Waals surface area contributed by atoms with Gasteiger partial charge in [-0.15, -0.1) is 0 Å². The van der Waals surface area contributed by atoms with E-state index in [1.54, 1.807) is 11.0 Å². The van der Waals surface area contributed by atoms with Crippen LogP contribution in [-0.2, 0) is 6.42 Å². The Bertz CT molecular complexity index is 1160. The number of alkyl halides is 3. The zero-order chi connectivity index (χ0) is 27.3. The summed E-state index contributed by atoms with van der Waals surface area (Å²) in [5, 5.41) is 21.9. The number of rotatable bonds is 7. The fourth-order valence-corrected chi connectivity index (χ4v) is 5.68. The van der Waals surface area contributed by atoms with Crippen LogP contribution in [0.2, 0.25) is 5.02 Å². The number of amides is 2. The summed E-state index contributed by atoms with van der Waals surface area (Å²) in [5.41, 5.74) is 1.94. The molecule has 0 spiro atoms. The lowest BCUT2D eigenvalue weighted by atomic mass is 9.81. The molecule has 2 N–H and O–H groups in total. The van der Waals surface area contributed by atoms with Gasteiger partial charge in [-0.25, -0.2) is 4.79 Å². The summed E-state index contributed by atoms with van der Waals surface area (Å²) in [6.07, 6.45) is -1.97. The maximum absolute atomic E-state index is 13.5. The normalized spacial score (nSPS) is 22.2. The number of nitriles is 1. The van der Waals surface area contributed by atoms with Crippen molar-refractivity contribution in [2.45, 2.75) is 62.8 Å². The molecule has 204 valence electrons. The van der Waals surface area contributed by atoms with Gasteiger partial charge in [-0.05, 0) is 79.5 Å². The van der Waals surface area contributed by atoms with Gasteiger partial charge in [0.1, 0.15) is 0 Å². The molecule has 1 atom stereocenters. The average Bonchev–Trinajstić information content (AvgIpc) is 3.30. The largest absolute Gasteiger partial charge is 0.393 e. The first-order chi connectivity index (χ1) is 18.1. The maximum atomic E-state index is 13.5. The predicted molar refractivity (Wildman–Crippen MR) is 140 cm³/mol. The minimum absolute atomic E-state index is 0.00330. The Kier molecular flexibility index (Phi) is 9.19. The first kappa shape index (κ1) is 28.2. The van der Waals surface area contributed by atoms with Crippen LogP contribution in [0.4, 0.5) is 23.7 Å². The van der Waals surface area contributed by atoms with E-state index < -0.39 is 12.6 Å². The lowest BCUT2D eigenvalue weighted by Gasteiger charge is -2.38. The maximum Gasteiger partial charge on any atom is 0.393 e. The molecule has 10 heteroatoms. The number of hydrogen-bond acceptors (Lipinski definition) is 4. The molecular weight excluding hydrogens is 517 g/mol. The van der Waals surface area contributed by atoms with Crippen LogP contribution in [0.1, 0.15) is 54.7 Å². The lowest BCUT2D eigenvalue weighted by Crippen LogP contribution is -2.47. The number of aliphatic hydroxyl groups is 1. The molecule has 2 aromatic carbocycles. The molecule has 6 nitrogen and oxygen atoms in total. The van der Waals surface area contributed by atoms with Gasteiger partial charge in [0.15, 0.2) is 0 Å². The van der Waals surface area contributed by atoms with Crippen molar-refractivity contribution < 1.29 is 23.1 Å². The Morgan fingerprint density at radius 3 is 2.58 bits per heavy atom. The Morgan fingerprint density at radius 2 is 1.92 bits per heavy atom. The number of β-amino-alcohol motifs (C(OH)–C–C–N with tert-alkyl or cyclic N) is 1. The van der Waals surface area contributed by atoms with Crippen molar-refractivity contribution in [1.29, 1.82) is 5.26 Å². The summed E-state index contributed by atoms with van der Waals surface area (Å²) < 4.78 is 38.9. The monoisotopic (exact) mass is 548 g/mol. The number of nitrogens with one attached hydrogen (secondary N) is 1. The minimum atomic E-state index is -4.41. The van der Waals surface area contributed by atoms with Crippen LogP contribution in [0.5, 0.6) is 0 Å². The van der Waals surface area contributed by atoms with Crippen LogP contribution in [-0.4, -0.2) is 65.4 Å². The first-order valence-electron chi connectivity index (χ1n) is 12.9. The number of carbonyl (C=O) groups excluding carboxylic acids is 1. The van der Waals surface area contributed by atoms with Crippen molar-refractivity contribution >= 4 is 23.3 Å². The summed E-state index contributed by atoms with van der Waals surface area (Å²) in [6.45, 7) is 2.38. The standard InChI is InChI=1S/C28H32ClF3N4O2/c29-26-9-6-23(15-22(26)16-28(30,31)32)34-27(38)36(13-12-35-11-10-25(37)18-35)24-7-4-20(5-8-24)21-3-1-2-19(14-21)17-33/h1-3,6,9,14-15,20,24-25,37H,4-5,7-8,10-13,16,18H2,(H,34,38). The first-order valence-corrected chi connectivity index (χ1v) is 13.3. The van der Waals surface area contributed by atoms with Crippen LogP contribution in [0.25, 0.3) is 0 Å². The van der Waals surface area contributed by atoms with Gasteiger partial charge < -0.3 is 15.3 Å². The smallest absolute Gasteiger partial charge is 0.392 e. The second kappa shape index (κ2) is 12.4. The second-order valence-corrected chi connectivity index (χ2v) is 10.6. The third-order valence-corrected chi connectivity index (χ3v) is 7.85. The Labute approximate surface area is 226 Å². The molecule has 38 heavy (non-hydrogen) atoms. The van der Waals surface area contributed by atoms with Crippen LogP contribution < -0.4 is 5.32 Å². The van der Waals surface area contributed by atoms with Crippen molar-refractivity contribution in [3.8, 4) is 6.07 Å². The van der Waals surface area contributed by atoms with Gasteiger partial charge in [0.2, 0.25) is 0 Å². The van der Waals surface area contributed by atoms with E-state index in [2.05, 4.69) is 16.3 Å². The van der Waals surface area contributed by atoms with Crippen LogP contribution in [0, 0.1) is 11.3 Å². The van der Waals surface area contributed by atoms with E-state index in [9.17, 15) is 28.3 Å². The average molecular weight is 549 g/mol. The van der Waals surface area contributed by atoms with E-state index in [4.69, 9.17) is 11.6 Å². The van der Waals surface area contributed by atoms with Crippen molar-refractivity contribution in [2.24, 2.45) is 0 Å². The van der Waals surface area contributed by atoms with Crippen LogP contribution in [0.3, 0.4) is 0 Å². The van der Waals surface area contributed by atoms with Gasteiger partial charge in [0.25, 0.3) is 0 Å². The molecule has 1 aliphatic heterocycles. The van der Waals surface area contributed by atoms with E-state index in [1.807, 2.05) is 18.2 Å². The Morgan fingerprint density at radius 1 is 1.16 bits per heavy atom. The SMILES string of the molecule is N#Cc1cccc(C2CCC(N(CCN3CCC(O)C3)C(=O)Nc3ccc(Cl)c(CC(F)(F)F)c3)CC2)c1. The van der Waals surface area contributed by atoms with E-state index >= 15 is 0 Å². The second-order valence-electron chi connectivity index (χ2n) is 10.2. The highest BCUT2D eigenvalue weighted by Gasteiger charge is 2.32. The van der Waals surface area contributed by atoms with E-state index in [1.165, 1.54) is 18.2 Å². The summed E-state index contributed by atoms with van der Waals surface area (Å²) in [4.78, 5) is 17.4. The number of nitrogens with zero attached hydrogens (tertiary/aromatic N) is 3. The number of anilines is 1. The highest BCUT2D eigenvalue weighted by atomic mass is 35.5. The molecule has 4 rings (SSSR count). The van der Waals surface area contributed by atoms with Crippen LogP contribution in [0.15, 0.2) is 42.5 Å². The van der Waals surface area contributed by atoms with Gasteiger partial charge >= 0.3 is 12.2 Å². The molecule has 1 saturated carbocycles. The molecule has 1 heterocycles. The van der Waals surface area contributed by atoms with Crippen molar-refractivity contribution in [1.82, 2.24) is 9.80 Å². The molecule has 2 aliphatic rings. The van der Waals surface area contributed by atoms with E-state index in [-0.39, 0.29) is 34.5 Å². The molecule has 1 saturated heterocycles. The van der Waals surface area contributed by atoms with Crippen molar-refractivity contribution in [3.05, 3.63) is 64.2 Å². The molecule has 0 aromatic heterocycles. The topological polar surface area (TPSA) is 79.6 Å². The van der Waals surface area contributed by atoms with Crippen molar-refractivity contribution in [3.63, 3.8) is 0 Å². The highest BCUT2D eigenvalue weighted by molar-refractivity contribution is 6.31. The predicted octanol–water partition coefficient (Wildman–Crippen LogP) is 5.94. The van der Waals surface area contributed by atoms with Crippen molar-refractivity contribution in [2.75, 3.05) is 31.5 Å². The lowest BCUT2D eigenvalue weighted by molar-refractivity contribution is -0.127. The fraction of sp³-hybridized carbons (Fsp3) is 0.500. The zero-order valence-electron chi connectivity index (χ0n) is 21.1. The molecule has 2 amide bonds. The molecule has 0 radical (unpaired) electrons. The highest BCUT2D eigenvalue weighted by Crippen LogP contribution is 2.35. The number of carbonyl (C=O) groups is 1.